The lowest BCUT2D eigenvalue weighted by Gasteiger charge is -2.24. The number of aryl methyl sites for hydroxylation is 1. The van der Waals surface area contributed by atoms with Gasteiger partial charge in [-0.2, -0.15) is 0 Å². The third-order valence-electron chi connectivity index (χ3n) is 3.27. The summed E-state index contributed by atoms with van der Waals surface area (Å²) in [5, 5.41) is 3.19. The molecule has 2 atom stereocenters. The van der Waals surface area contributed by atoms with Gasteiger partial charge in [0.15, 0.2) is 0 Å². The van der Waals surface area contributed by atoms with Gasteiger partial charge in [-0.05, 0) is 25.5 Å². The Bertz CT molecular complexity index is 457. The maximum absolute atomic E-state index is 12.5. The van der Waals surface area contributed by atoms with Gasteiger partial charge in [0.2, 0.25) is 5.91 Å². The van der Waals surface area contributed by atoms with Gasteiger partial charge in [-0.25, -0.2) is 0 Å². The first-order valence-corrected chi connectivity index (χ1v) is 7.35. The Morgan fingerprint density at radius 2 is 2.47 bits per heavy atom. The average molecular weight is 279 g/mol. The molecule has 2 rings (SSSR count). The molecule has 0 unspecified atom stereocenters. The molecule has 104 valence electrons. The lowest BCUT2D eigenvalue weighted by atomic mass is 10.1. The predicted molar refractivity (Wildman–Crippen MR) is 79.1 cm³/mol. The fraction of sp³-hybridized carbons (Fsp3) is 0.500. The van der Waals surface area contributed by atoms with Crippen molar-refractivity contribution in [1.82, 2.24) is 10.2 Å². The van der Waals surface area contributed by atoms with Gasteiger partial charge in [0.1, 0.15) is 0 Å². The topological polar surface area (TPSA) is 58.4 Å². The van der Waals surface area contributed by atoms with E-state index in [0.29, 0.717) is 13.1 Å². The fourth-order valence-corrected chi connectivity index (χ4v) is 3.22. The number of nitrogens with zero attached hydrogens (tertiary/aromatic N) is 1. The van der Waals surface area contributed by atoms with Crippen LogP contribution in [-0.4, -0.2) is 36.0 Å². The zero-order valence-electron chi connectivity index (χ0n) is 11.3. The standard InChI is InChI=1S/C14H21N3OS/c1-3-6-17(9-12-5-4-10(2)19-12)14(18)13-7-11(15)8-16-13/h3-5,11,13,16H,1,6-9,15H2,2H3/t11-,13+/m1/s1. The summed E-state index contributed by atoms with van der Waals surface area (Å²) in [7, 11) is 0. The van der Waals surface area contributed by atoms with Crippen molar-refractivity contribution in [3.8, 4) is 0 Å². The molecule has 2 heterocycles. The van der Waals surface area contributed by atoms with E-state index >= 15 is 0 Å². The molecule has 0 aromatic carbocycles. The second kappa shape index (κ2) is 6.32. The molecule has 0 radical (unpaired) electrons. The maximum atomic E-state index is 12.5. The molecule has 1 aromatic rings. The maximum Gasteiger partial charge on any atom is 0.240 e. The van der Waals surface area contributed by atoms with Gasteiger partial charge in [-0.15, -0.1) is 17.9 Å². The number of carbonyl (C=O) groups is 1. The van der Waals surface area contributed by atoms with Gasteiger partial charge >= 0.3 is 0 Å². The second-order valence-electron chi connectivity index (χ2n) is 4.98. The van der Waals surface area contributed by atoms with E-state index in [1.54, 1.807) is 17.4 Å². The Labute approximate surface area is 118 Å². The fourth-order valence-electron chi connectivity index (χ4n) is 2.32. The van der Waals surface area contributed by atoms with Crippen LogP contribution in [0.4, 0.5) is 0 Å². The number of thiophene rings is 1. The van der Waals surface area contributed by atoms with E-state index in [4.69, 9.17) is 5.73 Å². The summed E-state index contributed by atoms with van der Waals surface area (Å²) in [5.74, 6) is 0.124. The molecule has 5 heteroatoms. The normalized spacial score (nSPS) is 22.4. The number of hydrogen-bond donors (Lipinski definition) is 2. The highest BCUT2D eigenvalue weighted by atomic mass is 32.1. The second-order valence-corrected chi connectivity index (χ2v) is 6.35. The summed E-state index contributed by atoms with van der Waals surface area (Å²) < 4.78 is 0. The van der Waals surface area contributed by atoms with Crippen LogP contribution in [0.15, 0.2) is 24.8 Å². The Morgan fingerprint density at radius 1 is 1.68 bits per heavy atom. The molecule has 1 fully saturated rings. The van der Waals surface area contributed by atoms with Gasteiger partial charge in [-0.1, -0.05) is 6.08 Å². The van der Waals surface area contributed by atoms with E-state index < -0.39 is 0 Å². The highest BCUT2D eigenvalue weighted by molar-refractivity contribution is 7.11. The Morgan fingerprint density at radius 3 is 3.00 bits per heavy atom. The van der Waals surface area contributed by atoms with E-state index in [-0.39, 0.29) is 18.0 Å². The first-order valence-electron chi connectivity index (χ1n) is 6.54. The summed E-state index contributed by atoms with van der Waals surface area (Å²) in [4.78, 5) is 16.8. The van der Waals surface area contributed by atoms with Crippen LogP contribution in [0.25, 0.3) is 0 Å². The molecule has 1 aliphatic heterocycles. The molecule has 1 amide bonds. The van der Waals surface area contributed by atoms with E-state index in [1.807, 2.05) is 4.90 Å². The van der Waals surface area contributed by atoms with Crippen molar-refractivity contribution in [2.45, 2.75) is 32.0 Å². The van der Waals surface area contributed by atoms with Crippen LogP contribution in [0, 0.1) is 6.92 Å². The smallest absolute Gasteiger partial charge is 0.240 e. The van der Waals surface area contributed by atoms with Crippen molar-refractivity contribution in [3.63, 3.8) is 0 Å². The molecule has 19 heavy (non-hydrogen) atoms. The highest BCUT2D eigenvalue weighted by Crippen LogP contribution is 2.18. The molecule has 0 bridgehead atoms. The number of carbonyl (C=O) groups excluding carboxylic acids is 1. The van der Waals surface area contributed by atoms with Crippen molar-refractivity contribution in [2.75, 3.05) is 13.1 Å². The van der Waals surface area contributed by atoms with Crippen LogP contribution in [-0.2, 0) is 11.3 Å². The summed E-state index contributed by atoms with van der Waals surface area (Å²) >= 11 is 1.73. The van der Waals surface area contributed by atoms with E-state index in [1.165, 1.54) is 9.75 Å². The van der Waals surface area contributed by atoms with E-state index in [0.717, 1.165) is 13.0 Å². The van der Waals surface area contributed by atoms with E-state index in [2.05, 4.69) is 31.0 Å². The summed E-state index contributed by atoms with van der Waals surface area (Å²) in [6, 6.07) is 4.11. The predicted octanol–water partition coefficient (Wildman–Crippen LogP) is 1.26. The highest BCUT2D eigenvalue weighted by Gasteiger charge is 2.30. The van der Waals surface area contributed by atoms with Gasteiger partial charge in [0.05, 0.1) is 12.6 Å². The Hall–Kier alpha value is -1.17. The first kappa shape index (κ1) is 14.2. The minimum absolute atomic E-state index is 0.0866. The third kappa shape index (κ3) is 3.65. The SMILES string of the molecule is C=CCN(Cc1ccc(C)s1)C(=O)[C@@H]1C[C@@H](N)CN1. The molecule has 1 aromatic heterocycles. The molecule has 4 nitrogen and oxygen atoms in total. The molecule has 0 spiro atoms. The zero-order valence-corrected chi connectivity index (χ0v) is 12.1. The van der Waals surface area contributed by atoms with E-state index in [9.17, 15) is 4.79 Å². The van der Waals surface area contributed by atoms with Crippen molar-refractivity contribution in [3.05, 3.63) is 34.5 Å². The molecular weight excluding hydrogens is 258 g/mol. The number of rotatable bonds is 5. The van der Waals surface area contributed by atoms with Gasteiger partial charge in [0.25, 0.3) is 0 Å². The summed E-state index contributed by atoms with van der Waals surface area (Å²) in [6.07, 6.45) is 2.49. The number of amides is 1. The lowest BCUT2D eigenvalue weighted by Crippen LogP contribution is -2.43. The monoisotopic (exact) mass is 279 g/mol. The van der Waals surface area contributed by atoms with Crippen molar-refractivity contribution >= 4 is 17.2 Å². The number of nitrogens with two attached hydrogens (primary N) is 1. The summed E-state index contributed by atoms with van der Waals surface area (Å²) in [5.41, 5.74) is 5.84. The van der Waals surface area contributed by atoms with Crippen LogP contribution in [0.3, 0.4) is 0 Å². The Balaban J connectivity index is 2.02. The van der Waals surface area contributed by atoms with Crippen LogP contribution in [0.5, 0.6) is 0 Å². The van der Waals surface area contributed by atoms with Crippen LogP contribution < -0.4 is 11.1 Å². The molecular formula is C14H21N3OS. The minimum Gasteiger partial charge on any atom is -0.332 e. The zero-order chi connectivity index (χ0) is 13.8. The minimum atomic E-state index is -0.143. The molecule has 3 N–H and O–H groups in total. The first-order chi connectivity index (χ1) is 9.10. The third-order valence-corrected chi connectivity index (χ3v) is 4.25. The average Bonchev–Trinajstić information content (AvgIpc) is 2.97. The molecule has 1 aliphatic rings. The quantitative estimate of drug-likeness (QED) is 0.798. The summed E-state index contributed by atoms with van der Waals surface area (Å²) in [6.45, 7) is 7.75. The van der Waals surface area contributed by atoms with Gasteiger partial charge in [0, 0.05) is 28.9 Å². The molecule has 0 aliphatic carbocycles. The number of hydrogen-bond acceptors (Lipinski definition) is 4. The van der Waals surface area contributed by atoms with Gasteiger partial charge in [-0.3, -0.25) is 4.79 Å². The van der Waals surface area contributed by atoms with Crippen molar-refractivity contribution in [1.29, 1.82) is 0 Å². The molecule has 0 saturated carbocycles. The van der Waals surface area contributed by atoms with Crippen LogP contribution >= 0.6 is 11.3 Å². The Kier molecular flexibility index (Phi) is 4.74. The number of nitrogens with one attached hydrogen (secondary N) is 1. The van der Waals surface area contributed by atoms with Crippen LogP contribution in [0.1, 0.15) is 16.2 Å². The largest absolute Gasteiger partial charge is 0.332 e. The van der Waals surface area contributed by atoms with Crippen molar-refractivity contribution < 1.29 is 4.79 Å². The van der Waals surface area contributed by atoms with Crippen molar-refractivity contribution in [2.24, 2.45) is 5.73 Å². The van der Waals surface area contributed by atoms with Gasteiger partial charge < -0.3 is 16.0 Å². The molecule has 1 saturated heterocycles. The lowest BCUT2D eigenvalue weighted by molar-refractivity contribution is -0.133. The van der Waals surface area contributed by atoms with Crippen LogP contribution in [0.2, 0.25) is 0 Å².